The fourth-order valence-corrected chi connectivity index (χ4v) is 2.12. The van der Waals surface area contributed by atoms with Gasteiger partial charge in [-0.15, -0.1) is 0 Å². The molecule has 0 unspecified atom stereocenters. The predicted molar refractivity (Wildman–Crippen MR) is 68.4 cm³/mol. The first-order valence-corrected chi connectivity index (χ1v) is 6.32. The zero-order chi connectivity index (χ0) is 12.2. The summed E-state index contributed by atoms with van der Waals surface area (Å²) in [4.78, 5) is 4.63. The van der Waals surface area contributed by atoms with Crippen LogP contribution in [0, 0.1) is 6.92 Å². The summed E-state index contributed by atoms with van der Waals surface area (Å²) >= 11 is 0. The summed E-state index contributed by atoms with van der Waals surface area (Å²) in [6.07, 6.45) is 4.84. The van der Waals surface area contributed by atoms with E-state index in [4.69, 9.17) is 0 Å². The highest BCUT2D eigenvalue weighted by Crippen LogP contribution is 2.40. The second-order valence-electron chi connectivity index (χ2n) is 6.15. The molecule has 0 radical (unpaired) electrons. The second kappa shape index (κ2) is 3.31. The van der Waals surface area contributed by atoms with Crippen molar-refractivity contribution in [3.05, 3.63) is 29.3 Å². The first kappa shape index (κ1) is 10.8. The Hall–Kier alpha value is -1.38. The van der Waals surface area contributed by atoms with Crippen molar-refractivity contribution in [2.75, 3.05) is 0 Å². The van der Waals surface area contributed by atoms with Gasteiger partial charge < -0.3 is 0 Å². The van der Waals surface area contributed by atoms with E-state index < -0.39 is 0 Å². The lowest BCUT2D eigenvalue weighted by molar-refractivity contribution is 0.527. The maximum atomic E-state index is 4.64. The largest absolute Gasteiger partial charge is 0.237 e. The zero-order valence-corrected chi connectivity index (χ0v) is 11.0. The number of hydrogen-bond acceptors (Lipinski definition) is 2. The van der Waals surface area contributed by atoms with E-state index in [2.05, 4.69) is 50.0 Å². The summed E-state index contributed by atoms with van der Waals surface area (Å²) in [5.41, 5.74) is 3.66. The van der Waals surface area contributed by atoms with E-state index in [1.807, 2.05) is 4.52 Å². The van der Waals surface area contributed by atoms with Crippen LogP contribution in [0.4, 0.5) is 0 Å². The van der Waals surface area contributed by atoms with E-state index in [1.54, 1.807) is 0 Å². The molecule has 3 heteroatoms. The predicted octanol–water partition coefficient (Wildman–Crippen LogP) is 3.21. The van der Waals surface area contributed by atoms with Gasteiger partial charge in [0, 0.05) is 11.6 Å². The molecule has 2 aromatic rings. The highest BCUT2D eigenvalue weighted by Gasteiger charge is 2.26. The van der Waals surface area contributed by atoms with Gasteiger partial charge in [0.25, 0.3) is 0 Å². The van der Waals surface area contributed by atoms with E-state index in [0.717, 1.165) is 23.0 Å². The second-order valence-corrected chi connectivity index (χ2v) is 6.15. The Kier molecular flexibility index (Phi) is 2.09. The smallest absolute Gasteiger partial charge is 0.154 e. The van der Waals surface area contributed by atoms with Gasteiger partial charge in [0.05, 0.1) is 11.2 Å². The fraction of sp³-hybridized carbons (Fsp3) is 0.571. The molecule has 2 heterocycles. The van der Waals surface area contributed by atoms with Gasteiger partial charge in [0.2, 0.25) is 0 Å². The molecule has 0 atom stereocenters. The molecule has 1 aliphatic rings. The molecule has 1 fully saturated rings. The molecule has 0 spiro atoms. The third-order valence-corrected chi connectivity index (χ3v) is 3.39. The van der Waals surface area contributed by atoms with E-state index >= 15 is 0 Å². The van der Waals surface area contributed by atoms with Gasteiger partial charge in [-0.25, -0.2) is 9.50 Å². The molecule has 0 bridgehead atoms. The summed E-state index contributed by atoms with van der Waals surface area (Å²) in [5.74, 6) is 1.69. The van der Waals surface area contributed by atoms with Gasteiger partial charge in [-0.1, -0.05) is 20.8 Å². The van der Waals surface area contributed by atoms with Crippen molar-refractivity contribution in [2.45, 2.75) is 51.9 Å². The number of hydrogen-bond donors (Lipinski definition) is 0. The molecule has 0 saturated heterocycles. The van der Waals surface area contributed by atoms with Crippen LogP contribution in [0.2, 0.25) is 0 Å². The van der Waals surface area contributed by atoms with Crippen LogP contribution in [0.15, 0.2) is 12.3 Å². The molecule has 1 saturated carbocycles. The molecular weight excluding hydrogens is 210 g/mol. The van der Waals surface area contributed by atoms with E-state index in [9.17, 15) is 0 Å². The lowest BCUT2D eigenvalue weighted by atomic mass is 9.96. The molecule has 0 aromatic carbocycles. The lowest BCUT2D eigenvalue weighted by Crippen LogP contribution is -2.18. The molecule has 90 valence electrons. The Balaban J connectivity index is 2.18. The van der Waals surface area contributed by atoms with Crippen LogP contribution in [-0.4, -0.2) is 14.6 Å². The molecule has 3 rings (SSSR count). The summed E-state index contributed by atoms with van der Waals surface area (Å²) in [5, 5.41) is 4.64. The van der Waals surface area contributed by atoms with Crippen LogP contribution in [0.1, 0.15) is 56.6 Å². The first-order valence-electron chi connectivity index (χ1n) is 6.32. The van der Waals surface area contributed by atoms with Gasteiger partial charge in [-0.05, 0) is 37.3 Å². The average Bonchev–Trinajstić information content (AvgIpc) is 2.97. The maximum Gasteiger partial charge on any atom is 0.154 e. The monoisotopic (exact) mass is 229 g/mol. The van der Waals surface area contributed by atoms with Gasteiger partial charge in [-0.3, -0.25) is 0 Å². The molecule has 1 aliphatic carbocycles. The van der Waals surface area contributed by atoms with Crippen molar-refractivity contribution in [3.8, 4) is 0 Å². The normalized spacial score (nSPS) is 16.7. The van der Waals surface area contributed by atoms with Gasteiger partial charge in [0.1, 0.15) is 0 Å². The van der Waals surface area contributed by atoms with Crippen LogP contribution in [0.25, 0.3) is 5.52 Å². The molecule has 3 nitrogen and oxygen atoms in total. The molecule has 0 aliphatic heterocycles. The van der Waals surface area contributed by atoms with Gasteiger partial charge >= 0.3 is 0 Å². The maximum absolute atomic E-state index is 4.64. The number of nitrogens with zero attached hydrogens (tertiary/aromatic N) is 3. The molecule has 17 heavy (non-hydrogen) atoms. The molecule has 0 amide bonds. The summed E-state index contributed by atoms with van der Waals surface area (Å²) in [6.45, 7) is 8.53. The van der Waals surface area contributed by atoms with Gasteiger partial charge in [0.15, 0.2) is 5.82 Å². The van der Waals surface area contributed by atoms with Crippen molar-refractivity contribution in [1.82, 2.24) is 14.6 Å². The molecule has 2 aromatic heterocycles. The summed E-state index contributed by atoms with van der Waals surface area (Å²) in [6, 6.07) is 2.25. The third-order valence-electron chi connectivity index (χ3n) is 3.39. The van der Waals surface area contributed by atoms with Crippen molar-refractivity contribution in [2.24, 2.45) is 0 Å². The molecular formula is C14H19N3. The Labute approximate surface area is 102 Å². The lowest BCUT2D eigenvalue weighted by Gasteiger charge is -2.16. The third kappa shape index (κ3) is 1.84. The van der Waals surface area contributed by atoms with Crippen LogP contribution < -0.4 is 0 Å². The van der Waals surface area contributed by atoms with Crippen molar-refractivity contribution in [3.63, 3.8) is 0 Å². The van der Waals surface area contributed by atoms with Crippen molar-refractivity contribution >= 4 is 5.52 Å². The topological polar surface area (TPSA) is 30.2 Å². The number of aryl methyl sites for hydroxylation is 1. The van der Waals surface area contributed by atoms with Crippen LogP contribution >= 0.6 is 0 Å². The Morgan fingerprint density at radius 1 is 1.29 bits per heavy atom. The number of aromatic nitrogens is 3. The van der Waals surface area contributed by atoms with E-state index in [0.29, 0.717) is 0 Å². The van der Waals surface area contributed by atoms with Crippen molar-refractivity contribution < 1.29 is 0 Å². The molecule has 0 N–H and O–H groups in total. The Bertz CT molecular complexity index is 571. The quantitative estimate of drug-likeness (QED) is 0.751. The Morgan fingerprint density at radius 3 is 2.59 bits per heavy atom. The number of rotatable bonds is 1. The standard InChI is InChI=1S/C14H19N3/c1-9-12-7-11(10-5-6-10)8-17(12)16-13(15-9)14(2,3)4/h7-8,10H,5-6H2,1-4H3. The fourth-order valence-electron chi connectivity index (χ4n) is 2.12. The summed E-state index contributed by atoms with van der Waals surface area (Å²) < 4.78 is 2.01. The van der Waals surface area contributed by atoms with E-state index in [-0.39, 0.29) is 5.41 Å². The average molecular weight is 229 g/mol. The van der Waals surface area contributed by atoms with Crippen LogP contribution in [0.3, 0.4) is 0 Å². The first-order chi connectivity index (χ1) is 7.95. The Morgan fingerprint density at radius 2 is 2.00 bits per heavy atom. The van der Waals surface area contributed by atoms with Crippen LogP contribution in [0.5, 0.6) is 0 Å². The zero-order valence-electron chi connectivity index (χ0n) is 11.0. The minimum Gasteiger partial charge on any atom is -0.237 e. The SMILES string of the molecule is Cc1nc(C(C)(C)C)nn2cc(C3CC3)cc12. The highest BCUT2D eigenvalue weighted by atomic mass is 15.3. The minimum atomic E-state index is 0.00294. The van der Waals surface area contributed by atoms with E-state index in [1.165, 1.54) is 18.4 Å². The van der Waals surface area contributed by atoms with Crippen LogP contribution in [-0.2, 0) is 5.41 Å². The highest BCUT2D eigenvalue weighted by molar-refractivity contribution is 5.54. The van der Waals surface area contributed by atoms with Gasteiger partial charge in [-0.2, -0.15) is 5.10 Å². The number of fused-ring (bicyclic) bond motifs is 1. The summed E-state index contributed by atoms with van der Waals surface area (Å²) in [7, 11) is 0. The van der Waals surface area contributed by atoms with Crippen molar-refractivity contribution in [1.29, 1.82) is 0 Å². The minimum absolute atomic E-state index is 0.00294.